The van der Waals surface area contributed by atoms with Gasteiger partial charge in [0.1, 0.15) is 0 Å². The van der Waals surface area contributed by atoms with Gasteiger partial charge >= 0.3 is 0 Å². The Bertz CT molecular complexity index is 544. The first kappa shape index (κ1) is 17.3. The molecule has 1 heterocycles. The smallest absolute Gasteiger partial charge is 0.179 e. The third-order valence-corrected chi connectivity index (χ3v) is 4.11. The molecule has 110 valence electrons. The SMILES string of the molecule is CC.CSNc1ccc(-c2cc(C(O)O)cs2)c(Cl)c1. The van der Waals surface area contributed by atoms with Crippen LogP contribution < -0.4 is 4.72 Å². The summed E-state index contributed by atoms with van der Waals surface area (Å²) in [6, 6.07) is 7.44. The van der Waals surface area contributed by atoms with E-state index in [-0.39, 0.29) is 0 Å². The van der Waals surface area contributed by atoms with Crippen molar-refractivity contribution in [2.75, 3.05) is 11.0 Å². The maximum Gasteiger partial charge on any atom is 0.179 e. The van der Waals surface area contributed by atoms with Gasteiger partial charge in [0.25, 0.3) is 0 Å². The molecule has 3 nitrogen and oxygen atoms in total. The molecule has 0 aliphatic heterocycles. The summed E-state index contributed by atoms with van der Waals surface area (Å²) >= 11 is 9.16. The van der Waals surface area contributed by atoms with Gasteiger partial charge in [-0.1, -0.05) is 37.4 Å². The lowest BCUT2D eigenvalue weighted by atomic mass is 10.1. The zero-order valence-electron chi connectivity index (χ0n) is 11.6. The Morgan fingerprint density at radius 3 is 2.45 bits per heavy atom. The van der Waals surface area contributed by atoms with Crippen LogP contribution in [0, 0.1) is 0 Å². The van der Waals surface area contributed by atoms with Crippen LogP contribution in [-0.2, 0) is 0 Å². The summed E-state index contributed by atoms with van der Waals surface area (Å²) in [5, 5.41) is 20.5. The molecule has 2 aromatic rings. The van der Waals surface area contributed by atoms with Crippen molar-refractivity contribution in [3.8, 4) is 10.4 Å². The van der Waals surface area contributed by atoms with Crippen LogP contribution in [0.25, 0.3) is 10.4 Å². The zero-order valence-corrected chi connectivity index (χ0v) is 13.9. The molecule has 0 saturated heterocycles. The summed E-state index contributed by atoms with van der Waals surface area (Å²) in [4.78, 5) is 0.916. The minimum Gasteiger partial charge on any atom is -0.364 e. The summed E-state index contributed by atoms with van der Waals surface area (Å²) < 4.78 is 3.11. The Balaban J connectivity index is 0.000000956. The highest BCUT2D eigenvalue weighted by molar-refractivity contribution is 7.99. The first-order chi connectivity index (χ1) is 9.61. The van der Waals surface area contributed by atoms with Gasteiger partial charge in [-0.05, 0) is 29.6 Å². The van der Waals surface area contributed by atoms with Gasteiger partial charge in [-0.25, -0.2) is 0 Å². The van der Waals surface area contributed by atoms with E-state index in [1.54, 1.807) is 11.4 Å². The number of aliphatic hydroxyl groups is 2. The van der Waals surface area contributed by atoms with Crippen LogP contribution >= 0.6 is 34.9 Å². The van der Waals surface area contributed by atoms with E-state index in [0.717, 1.165) is 16.1 Å². The van der Waals surface area contributed by atoms with Crippen LogP contribution in [0.3, 0.4) is 0 Å². The molecule has 20 heavy (non-hydrogen) atoms. The summed E-state index contributed by atoms with van der Waals surface area (Å²) in [6.45, 7) is 4.00. The number of benzene rings is 1. The molecule has 6 heteroatoms. The second-order valence-electron chi connectivity index (χ2n) is 3.62. The van der Waals surface area contributed by atoms with Gasteiger partial charge in [0.05, 0.1) is 5.02 Å². The fraction of sp³-hybridized carbons (Fsp3) is 0.286. The van der Waals surface area contributed by atoms with E-state index in [2.05, 4.69) is 4.72 Å². The standard InChI is InChI=1S/C12H12ClNO2S2.C2H6/c1-17-14-8-2-3-9(10(13)5-8)11-4-7(6-18-11)12(15)16;1-2/h2-6,12,14-16H,1H3;1-2H3. The Labute approximate surface area is 132 Å². The maximum absolute atomic E-state index is 9.08. The number of halogens is 1. The molecule has 0 aliphatic rings. The predicted octanol–water partition coefficient (Wildman–Crippen LogP) is 4.77. The van der Waals surface area contributed by atoms with Gasteiger partial charge in [0, 0.05) is 27.9 Å². The highest BCUT2D eigenvalue weighted by Crippen LogP contribution is 2.35. The van der Waals surface area contributed by atoms with E-state index in [0.29, 0.717) is 10.6 Å². The zero-order chi connectivity index (χ0) is 15.1. The van der Waals surface area contributed by atoms with Crippen molar-refractivity contribution >= 4 is 40.6 Å². The van der Waals surface area contributed by atoms with Gasteiger partial charge in [-0.15, -0.1) is 11.3 Å². The molecule has 0 aliphatic carbocycles. The third-order valence-electron chi connectivity index (χ3n) is 2.37. The number of hydrogen-bond donors (Lipinski definition) is 3. The Morgan fingerprint density at radius 2 is 1.95 bits per heavy atom. The fourth-order valence-electron chi connectivity index (χ4n) is 1.52. The van der Waals surface area contributed by atoms with Gasteiger partial charge in [0.2, 0.25) is 0 Å². The van der Waals surface area contributed by atoms with Crippen molar-refractivity contribution in [1.82, 2.24) is 0 Å². The summed E-state index contributed by atoms with van der Waals surface area (Å²) in [5.74, 6) is 0. The number of nitrogens with one attached hydrogen (secondary N) is 1. The molecular formula is C14H18ClNO2S2. The quantitative estimate of drug-likeness (QED) is 0.558. The average Bonchev–Trinajstić information content (AvgIpc) is 2.91. The van der Waals surface area contributed by atoms with E-state index in [9.17, 15) is 0 Å². The minimum atomic E-state index is -1.44. The van der Waals surface area contributed by atoms with Crippen LogP contribution in [0.15, 0.2) is 29.6 Å². The molecule has 0 unspecified atom stereocenters. The van der Waals surface area contributed by atoms with Crippen molar-refractivity contribution in [1.29, 1.82) is 0 Å². The average molecular weight is 332 g/mol. The second kappa shape index (κ2) is 8.54. The summed E-state index contributed by atoms with van der Waals surface area (Å²) in [5.41, 5.74) is 2.31. The molecule has 0 bridgehead atoms. The molecular weight excluding hydrogens is 314 g/mol. The first-order valence-corrected chi connectivity index (χ1v) is 8.63. The summed E-state index contributed by atoms with van der Waals surface area (Å²) in [7, 11) is 0. The number of anilines is 1. The van der Waals surface area contributed by atoms with Crippen molar-refractivity contribution < 1.29 is 10.2 Å². The van der Waals surface area contributed by atoms with Crippen LogP contribution in [0.2, 0.25) is 5.02 Å². The fourth-order valence-corrected chi connectivity index (χ4v) is 3.19. The largest absolute Gasteiger partial charge is 0.364 e. The van der Waals surface area contributed by atoms with E-state index in [1.807, 2.05) is 38.3 Å². The highest BCUT2D eigenvalue weighted by atomic mass is 35.5. The molecule has 0 fully saturated rings. The Morgan fingerprint density at radius 1 is 1.25 bits per heavy atom. The number of aliphatic hydroxyl groups excluding tert-OH is 1. The molecule has 3 N–H and O–H groups in total. The van der Waals surface area contributed by atoms with Crippen LogP contribution in [0.4, 0.5) is 5.69 Å². The van der Waals surface area contributed by atoms with Gasteiger partial charge in [0.15, 0.2) is 6.29 Å². The van der Waals surface area contributed by atoms with E-state index in [1.165, 1.54) is 23.3 Å². The molecule has 0 radical (unpaired) electrons. The number of rotatable bonds is 4. The maximum atomic E-state index is 9.08. The molecule has 0 spiro atoms. The normalized spacial score (nSPS) is 10.2. The van der Waals surface area contributed by atoms with E-state index in [4.69, 9.17) is 21.8 Å². The lowest BCUT2D eigenvalue weighted by Gasteiger charge is -2.06. The van der Waals surface area contributed by atoms with Crippen molar-refractivity contribution in [2.45, 2.75) is 20.1 Å². The lowest BCUT2D eigenvalue weighted by molar-refractivity contribution is -0.0421. The predicted molar refractivity (Wildman–Crippen MR) is 90.4 cm³/mol. The molecule has 2 rings (SSSR count). The molecule has 1 aromatic carbocycles. The van der Waals surface area contributed by atoms with Crippen molar-refractivity contribution in [3.63, 3.8) is 0 Å². The van der Waals surface area contributed by atoms with Crippen molar-refractivity contribution in [2.24, 2.45) is 0 Å². The molecule has 1 aromatic heterocycles. The van der Waals surface area contributed by atoms with Crippen molar-refractivity contribution in [3.05, 3.63) is 40.2 Å². The van der Waals surface area contributed by atoms with Crippen LogP contribution in [-0.4, -0.2) is 16.5 Å². The Hall–Kier alpha value is -0.720. The molecule has 0 atom stereocenters. The van der Waals surface area contributed by atoms with E-state index < -0.39 is 6.29 Å². The van der Waals surface area contributed by atoms with Crippen LogP contribution in [0.1, 0.15) is 25.7 Å². The molecule has 0 saturated carbocycles. The van der Waals surface area contributed by atoms with E-state index >= 15 is 0 Å². The minimum absolute atomic E-state index is 0.484. The number of thiophene rings is 1. The Kier molecular flexibility index (Phi) is 7.40. The highest BCUT2D eigenvalue weighted by Gasteiger charge is 2.10. The topological polar surface area (TPSA) is 52.5 Å². The monoisotopic (exact) mass is 331 g/mol. The van der Waals surface area contributed by atoms with Gasteiger partial charge in [-0.2, -0.15) is 0 Å². The number of hydrogen-bond acceptors (Lipinski definition) is 5. The first-order valence-electron chi connectivity index (χ1n) is 6.15. The third kappa shape index (κ3) is 4.40. The summed E-state index contributed by atoms with van der Waals surface area (Å²) in [6.07, 6.45) is 0.502. The van der Waals surface area contributed by atoms with Crippen LogP contribution in [0.5, 0.6) is 0 Å². The molecule has 0 amide bonds. The van der Waals surface area contributed by atoms with Gasteiger partial charge < -0.3 is 14.9 Å². The second-order valence-corrected chi connectivity index (χ2v) is 5.55. The lowest BCUT2D eigenvalue weighted by Crippen LogP contribution is -1.90. The van der Waals surface area contributed by atoms with Gasteiger partial charge in [-0.3, -0.25) is 0 Å².